The van der Waals surface area contributed by atoms with Crippen molar-refractivity contribution in [3.05, 3.63) is 76.5 Å². The third-order valence-electron chi connectivity index (χ3n) is 6.38. The number of aryl methyl sites for hydroxylation is 3. The van der Waals surface area contributed by atoms with Crippen LogP contribution < -0.4 is 5.32 Å². The Morgan fingerprint density at radius 1 is 1.03 bits per heavy atom. The van der Waals surface area contributed by atoms with Crippen LogP contribution in [0.15, 0.2) is 47.1 Å². The summed E-state index contributed by atoms with van der Waals surface area (Å²) in [5, 5.41) is 3.06. The number of carbonyl (C=O) groups is 2. The van der Waals surface area contributed by atoms with E-state index < -0.39 is 0 Å². The predicted molar refractivity (Wildman–Crippen MR) is 125 cm³/mol. The molecule has 3 heterocycles. The summed E-state index contributed by atoms with van der Waals surface area (Å²) >= 11 is 0. The Morgan fingerprint density at radius 2 is 1.72 bits per heavy atom. The van der Waals surface area contributed by atoms with Gasteiger partial charge in [0.2, 0.25) is 0 Å². The van der Waals surface area contributed by atoms with Gasteiger partial charge in [-0.25, -0.2) is 0 Å². The molecule has 0 saturated carbocycles. The van der Waals surface area contributed by atoms with Crippen LogP contribution in [0.25, 0.3) is 5.69 Å². The molecule has 1 saturated heterocycles. The van der Waals surface area contributed by atoms with Crippen LogP contribution in [0.4, 0.5) is 0 Å². The third-order valence-corrected chi connectivity index (χ3v) is 6.38. The van der Waals surface area contributed by atoms with Crippen LogP contribution in [0, 0.1) is 27.7 Å². The Balaban J connectivity index is 1.35. The van der Waals surface area contributed by atoms with Crippen molar-refractivity contribution in [2.45, 2.75) is 46.6 Å². The van der Waals surface area contributed by atoms with Crippen molar-refractivity contribution in [2.24, 2.45) is 0 Å². The van der Waals surface area contributed by atoms with Gasteiger partial charge in [-0.15, -0.1) is 0 Å². The maximum atomic E-state index is 13.1. The van der Waals surface area contributed by atoms with Gasteiger partial charge < -0.3 is 14.3 Å². The van der Waals surface area contributed by atoms with Crippen molar-refractivity contribution in [1.82, 2.24) is 14.8 Å². The topological polar surface area (TPSA) is 67.5 Å². The average molecular weight is 434 g/mol. The van der Waals surface area contributed by atoms with Crippen molar-refractivity contribution in [1.29, 1.82) is 0 Å². The van der Waals surface area contributed by atoms with Crippen LogP contribution in [0.1, 0.15) is 56.3 Å². The molecule has 0 bridgehead atoms. The highest BCUT2D eigenvalue weighted by atomic mass is 16.3. The SMILES string of the molecule is Cc1ccc(-n2c(C)cc(C(=O)CN3CCC(NC(=O)c4occc4C)CC3)c2C)cc1. The minimum atomic E-state index is -0.162. The number of carbonyl (C=O) groups excluding carboxylic acids is 2. The largest absolute Gasteiger partial charge is 0.459 e. The highest BCUT2D eigenvalue weighted by Crippen LogP contribution is 2.22. The number of piperidine rings is 1. The molecule has 1 aliphatic heterocycles. The molecule has 2 aromatic heterocycles. The average Bonchev–Trinajstić information content (AvgIpc) is 3.33. The fourth-order valence-electron chi connectivity index (χ4n) is 4.52. The van der Waals surface area contributed by atoms with Crippen LogP contribution >= 0.6 is 0 Å². The van der Waals surface area contributed by atoms with Gasteiger partial charge in [-0.2, -0.15) is 0 Å². The van der Waals surface area contributed by atoms with Gasteiger partial charge >= 0.3 is 0 Å². The molecule has 0 radical (unpaired) electrons. The summed E-state index contributed by atoms with van der Waals surface area (Å²) in [6, 6.07) is 12.2. The van der Waals surface area contributed by atoms with Crippen molar-refractivity contribution >= 4 is 11.7 Å². The molecule has 6 heteroatoms. The molecular weight excluding hydrogens is 402 g/mol. The maximum Gasteiger partial charge on any atom is 0.287 e. The zero-order valence-electron chi connectivity index (χ0n) is 19.3. The number of benzene rings is 1. The van der Waals surface area contributed by atoms with Gasteiger partial charge in [0, 0.05) is 47.3 Å². The lowest BCUT2D eigenvalue weighted by Crippen LogP contribution is -2.46. The quantitative estimate of drug-likeness (QED) is 0.586. The summed E-state index contributed by atoms with van der Waals surface area (Å²) in [4.78, 5) is 27.7. The molecule has 1 N–H and O–H groups in total. The number of hydrogen-bond donors (Lipinski definition) is 1. The van der Waals surface area contributed by atoms with E-state index in [4.69, 9.17) is 4.42 Å². The number of Topliss-reactive ketones (excluding diaryl/α,β-unsaturated/α-hetero) is 1. The maximum absolute atomic E-state index is 13.1. The number of amides is 1. The first-order chi connectivity index (χ1) is 15.3. The van der Waals surface area contributed by atoms with E-state index in [1.165, 1.54) is 11.8 Å². The minimum absolute atomic E-state index is 0.102. The van der Waals surface area contributed by atoms with Gasteiger partial charge in [-0.05, 0) is 64.8 Å². The number of nitrogens with zero attached hydrogens (tertiary/aromatic N) is 2. The number of furan rings is 1. The second-order valence-electron chi connectivity index (χ2n) is 8.84. The summed E-state index contributed by atoms with van der Waals surface area (Å²) in [5.74, 6) is 0.363. The van der Waals surface area contributed by atoms with Crippen LogP contribution in [0.2, 0.25) is 0 Å². The van der Waals surface area contributed by atoms with E-state index in [0.29, 0.717) is 12.3 Å². The van der Waals surface area contributed by atoms with Crippen molar-refractivity contribution in [3.8, 4) is 5.69 Å². The van der Waals surface area contributed by atoms with E-state index in [0.717, 1.165) is 54.1 Å². The molecular formula is C26H31N3O3. The second-order valence-corrected chi connectivity index (χ2v) is 8.84. The Morgan fingerprint density at radius 3 is 2.34 bits per heavy atom. The molecule has 4 rings (SSSR count). The molecule has 32 heavy (non-hydrogen) atoms. The van der Waals surface area contributed by atoms with Crippen LogP contribution in [0.3, 0.4) is 0 Å². The lowest BCUT2D eigenvalue weighted by atomic mass is 10.0. The van der Waals surface area contributed by atoms with Crippen molar-refractivity contribution < 1.29 is 14.0 Å². The van der Waals surface area contributed by atoms with Crippen molar-refractivity contribution in [3.63, 3.8) is 0 Å². The van der Waals surface area contributed by atoms with Gasteiger partial charge in [0.15, 0.2) is 11.5 Å². The van der Waals surface area contributed by atoms with Crippen LogP contribution in [-0.2, 0) is 0 Å². The van der Waals surface area contributed by atoms with E-state index in [1.54, 1.807) is 6.07 Å². The first-order valence-corrected chi connectivity index (χ1v) is 11.2. The van der Waals surface area contributed by atoms with Gasteiger partial charge in [0.05, 0.1) is 12.8 Å². The molecule has 1 fully saturated rings. The van der Waals surface area contributed by atoms with E-state index in [9.17, 15) is 9.59 Å². The number of hydrogen-bond acceptors (Lipinski definition) is 4. The Labute approximate surface area is 189 Å². The number of nitrogens with one attached hydrogen (secondary N) is 1. The number of likely N-dealkylation sites (tertiary alicyclic amines) is 1. The van der Waals surface area contributed by atoms with E-state index in [-0.39, 0.29) is 17.7 Å². The molecule has 0 spiro atoms. The lowest BCUT2D eigenvalue weighted by molar-refractivity contribution is 0.0843. The minimum Gasteiger partial charge on any atom is -0.459 e. The summed E-state index contributed by atoms with van der Waals surface area (Å²) in [7, 11) is 0. The molecule has 1 aromatic carbocycles. The van der Waals surface area contributed by atoms with Gasteiger partial charge in [-0.1, -0.05) is 17.7 Å². The molecule has 168 valence electrons. The first-order valence-electron chi connectivity index (χ1n) is 11.2. The summed E-state index contributed by atoms with van der Waals surface area (Å²) in [6.07, 6.45) is 3.18. The molecule has 1 aliphatic rings. The highest BCUT2D eigenvalue weighted by Gasteiger charge is 2.25. The molecule has 6 nitrogen and oxygen atoms in total. The van der Waals surface area contributed by atoms with Crippen LogP contribution in [0.5, 0.6) is 0 Å². The fraction of sp³-hybridized carbons (Fsp3) is 0.385. The number of ketones is 1. The van der Waals surface area contributed by atoms with Crippen molar-refractivity contribution in [2.75, 3.05) is 19.6 Å². The fourth-order valence-corrected chi connectivity index (χ4v) is 4.52. The Bertz CT molecular complexity index is 1120. The Kier molecular flexibility index (Phi) is 6.33. The molecule has 3 aromatic rings. The predicted octanol–water partition coefficient (Wildman–Crippen LogP) is 4.38. The third kappa shape index (κ3) is 4.55. The number of aromatic nitrogens is 1. The van der Waals surface area contributed by atoms with Gasteiger partial charge in [0.25, 0.3) is 5.91 Å². The highest BCUT2D eigenvalue weighted by molar-refractivity contribution is 5.99. The lowest BCUT2D eigenvalue weighted by Gasteiger charge is -2.31. The molecule has 1 amide bonds. The second kappa shape index (κ2) is 9.17. The number of rotatable bonds is 6. The summed E-state index contributed by atoms with van der Waals surface area (Å²) < 4.78 is 7.43. The van der Waals surface area contributed by atoms with Gasteiger partial charge in [-0.3, -0.25) is 14.5 Å². The Hall–Kier alpha value is -3.12. The van der Waals surface area contributed by atoms with Crippen LogP contribution in [-0.4, -0.2) is 46.8 Å². The summed E-state index contributed by atoms with van der Waals surface area (Å²) in [5.41, 5.74) is 5.96. The molecule has 0 aliphatic carbocycles. The standard InChI is InChI=1S/C26H31N3O3/c1-17-5-7-22(8-6-17)29-19(3)15-23(20(29)4)24(30)16-28-12-9-21(10-13-28)27-26(31)25-18(2)11-14-32-25/h5-8,11,14-15,21H,9-10,12-13,16H2,1-4H3,(H,27,31). The molecule has 0 atom stereocenters. The van der Waals surface area contributed by atoms with E-state index in [2.05, 4.69) is 46.0 Å². The normalized spacial score (nSPS) is 15.1. The molecule has 0 unspecified atom stereocenters. The van der Waals surface area contributed by atoms with E-state index >= 15 is 0 Å². The zero-order chi connectivity index (χ0) is 22.8. The van der Waals surface area contributed by atoms with E-state index in [1.807, 2.05) is 26.8 Å². The monoisotopic (exact) mass is 433 g/mol. The van der Waals surface area contributed by atoms with Gasteiger partial charge in [0.1, 0.15) is 0 Å². The first kappa shape index (κ1) is 22.1. The zero-order valence-corrected chi connectivity index (χ0v) is 19.3. The summed E-state index contributed by atoms with van der Waals surface area (Å²) in [6.45, 7) is 9.95. The smallest absolute Gasteiger partial charge is 0.287 e.